The summed E-state index contributed by atoms with van der Waals surface area (Å²) in [6.45, 7) is 1.39. The van der Waals surface area contributed by atoms with Gasteiger partial charge in [0.1, 0.15) is 18.6 Å². The van der Waals surface area contributed by atoms with Crippen LogP contribution in [0, 0.1) is 0 Å². The zero-order valence-electron chi connectivity index (χ0n) is 11.0. The van der Waals surface area contributed by atoms with Crippen molar-refractivity contribution in [2.24, 2.45) is 0 Å². The van der Waals surface area contributed by atoms with E-state index in [4.69, 9.17) is 4.74 Å². The van der Waals surface area contributed by atoms with E-state index in [-0.39, 0.29) is 0 Å². The minimum atomic E-state index is 0.596. The van der Waals surface area contributed by atoms with E-state index in [9.17, 15) is 4.79 Å². The molecule has 3 aromatic rings. The molecule has 3 nitrogen and oxygen atoms in total. The second-order valence-electron chi connectivity index (χ2n) is 4.60. The van der Waals surface area contributed by atoms with Crippen LogP contribution in [0.3, 0.4) is 0 Å². The average molecular weight is 265 g/mol. The van der Waals surface area contributed by atoms with Crippen LogP contribution in [-0.2, 0) is 6.54 Å². The quantitative estimate of drug-likeness (QED) is 0.661. The number of aldehydes is 1. The predicted molar refractivity (Wildman–Crippen MR) is 79.3 cm³/mol. The first-order chi connectivity index (χ1) is 9.86. The first kappa shape index (κ1) is 12.5. The monoisotopic (exact) mass is 265 g/mol. The first-order valence-corrected chi connectivity index (χ1v) is 6.59. The van der Waals surface area contributed by atoms with E-state index in [1.807, 2.05) is 24.3 Å². The fourth-order valence-corrected chi connectivity index (χ4v) is 2.24. The number of para-hydroxylation sites is 1. The lowest BCUT2D eigenvalue weighted by molar-refractivity contribution is 0.112. The van der Waals surface area contributed by atoms with Crippen LogP contribution >= 0.6 is 0 Å². The highest BCUT2D eigenvalue weighted by Crippen LogP contribution is 2.15. The summed E-state index contributed by atoms with van der Waals surface area (Å²) in [5.74, 6) is 0.784. The van der Waals surface area contributed by atoms with Crippen LogP contribution in [-0.4, -0.2) is 17.5 Å². The van der Waals surface area contributed by atoms with Crippen LogP contribution in [0.1, 0.15) is 10.4 Å². The van der Waals surface area contributed by atoms with E-state index in [0.717, 1.165) is 18.6 Å². The molecule has 0 spiro atoms. The standard InChI is InChI=1S/C17H15NO2/c19-13-14-5-7-16(8-6-14)20-12-11-18-10-9-15-3-1-2-4-17(15)18/h1-10,13H,11-12H2. The molecule has 0 bridgehead atoms. The van der Waals surface area contributed by atoms with E-state index >= 15 is 0 Å². The Kier molecular flexibility index (Phi) is 3.50. The molecule has 0 radical (unpaired) electrons. The number of fused-ring (bicyclic) bond motifs is 1. The molecule has 100 valence electrons. The Hall–Kier alpha value is -2.55. The van der Waals surface area contributed by atoms with Crippen molar-refractivity contribution in [1.82, 2.24) is 4.57 Å². The van der Waals surface area contributed by atoms with Gasteiger partial charge in [0.05, 0.1) is 6.54 Å². The van der Waals surface area contributed by atoms with Gasteiger partial charge in [0, 0.05) is 17.3 Å². The van der Waals surface area contributed by atoms with Crippen molar-refractivity contribution < 1.29 is 9.53 Å². The molecule has 1 heterocycles. The number of hydrogen-bond donors (Lipinski definition) is 0. The van der Waals surface area contributed by atoms with Gasteiger partial charge >= 0.3 is 0 Å². The highest BCUT2D eigenvalue weighted by atomic mass is 16.5. The summed E-state index contributed by atoms with van der Waals surface area (Å²) in [5, 5.41) is 1.24. The molecule has 2 aromatic carbocycles. The third-order valence-electron chi connectivity index (χ3n) is 3.30. The molecule has 0 unspecified atom stereocenters. The summed E-state index contributed by atoms with van der Waals surface area (Å²) in [6.07, 6.45) is 2.90. The summed E-state index contributed by atoms with van der Waals surface area (Å²) < 4.78 is 7.87. The fraction of sp³-hybridized carbons (Fsp3) is 0.118. The minimum absolute atomic E-state index is 0.596. The number of nitrogens with zero attached hydrogens (tertiary/aromatic N) is 1. The SMILES string of the molecule is O=Cc1ccc(OCCn2ccc3ccccc32)cc1. The Bertz CT molecular complexity index is 713. The number of benzene rings is 2. The lowest BCUT2D eigenvalue weighted by Crippen LogP contribution is -2.07. The molecule has 0 aliphatic rings. The van der Waals surface area contributed by atoms with Gasteiger partial charge in [-0.25, -0.2) is 0 Å². The van der Waals surface area contributed by atoms with Crippen molar-refractivity contribution in [3.05, 3.63) is 66.4 Å². The van der Waals surface area contributed by atoms with Crippen molar-refractivity contribution in [3.8, 4) is 5.75 Å². The van der Waals surface area contributed by atoms with Gasteiger partial charge in [-0.05, 0) is 41.8 Å². The number of ether oxygens (including phenoxy) is 1. The third-order valence-corrected chi connectivity index (χ3v) is 3.30. The molecule has 0 saturated carbocycles. The van der Waals surface area contributed by atoms with Gasteiger partial charge in [0.25, 0.3) is 0 Å². The zero-order valence-corrected chi connectivity index (χ0v) is 11.0. The summed E-state index contributed by atoms with van der Waals surface area (Å²) in [5.41, 5.74) is 1.88. The lowest BCUT2D eigenvalue weighted by Gasteiger charge is -2.08. The smallest absolute Gasteiger partial charge is 0.150 e. The molecule has 0 aliphatic heterocycles. The summed E-state index contributed by atoms with van der Waals surface area (Å²) in [7, 11) is 0. The number of hydrogen-bond acceptors (Lipinski definition) is 2. The maximum absolute atomic E-state index is 10.6. The lowest BCUT2D eigenvalue weighted by atomic mass is 10.2. The summed E-state index contributed by atoms with van der Waals surface area (Å²) in [4.78, 5) is 10.6. The average Bonchev–Trinajstić information content (AvgIpc) is 2.92. The van der Waals surface area contributed by atoms with Crippen LogP contribution in [0.2, 0.25) is 0 Å². The van der Waals surface area contributed by atoms with Gasteiger partial charge in [-0.15, -0.1) is 0 Å². The molecule has 1 aromatic heterocycles. The van der Waals surface area contributed by atoms with Gasteiger partial charge < -0.3 is 9.30 Å². The zero-order chi connectivity index (χ0) is 13.8. The molecular weight excluding hydrogens is 250 g/mol. The molecule has 0 aliphatic carbocycles. The Morgan fingerprint density at radius 1 is 1.00 bits per heavy atom. The molecular formula is C17H15NO2. The van der Waals surface area contributed by atoms with E-state index in [1.165, 1.54) is 10.9 Å². The van der Waals surface area contributed by atoms with Crippen molar-refractivity contribution in [2.75, 3.05) is 6.61 Å². The van der Waals surface area contributed by atoms with E-state index in [2.05, 4.69) is 29.0 Å². The largest absolute Gasteiger partial charge is 0.492 e. The molecule has 3 rings (SSSR count). The van der Waals surface area contributed by atoms with Crippen LogP contribution in [0.5, 0.6) is 5.75 Å². The van der Waals surface area contributed by atoms with Crippen molar-refractivity contribution in [3.63, 3.8) is 0 Å². The maximum Gasteiger partial charge on any atom is 0.150 e. The number of carbonyl (C=O) groups excluding carboxylic acids is 1. The highest BCUT2D eigenvalue weighted by Gasteiger charge is 2.00. The van der Waals surface area contributed by atoms with Gasteiger partial charge in [-0.2, -0.15) is 0 Å². The number of carbonyl (C=O) groups is 1. The molecule has 0 amide bonds. The second kappa shape index (κ2) is 5.61. The Morgan fingerprint density at radius 2 is 1.80 bits per heavy atom. The van der Waals surface area contributed by atoms with Crippen LogP contribution in [0.15, 0.2) is 60.8 Å². The molecule has 0 fully saturated rings. The predicted octanol–water partition coefficient (Wildman–Crippen LogP) is 3.53. The number of aromatic nitrogens is 1. The van der Waals surface area contributed by atoms with E-state index < -0.39 is 0 Å². The Balaban J connectivity index is 1.63. The van der Waals surface area contributed by atoms with Gasteiger partial charge in [-0.3, -0.25) is 4.79 Å². The summed E-state index contributed by atoms with van der Waals surface area (Å²) >= 11 is 0. The van der Waals surface area contributed by atoms with E-state index in [0.29, 0.717) is 12.2 Å². The molecule has 0 N–H and O–H groups in total. The first-order valence-electron chi connectivity index (χ1n) is 6.59. The van der Waals surface area contributed by atoms with Crippen molar-refractivity contribution in [1.29, 1.82) is 0 Å². The highest BCUT2D eigenvalue weighted by molar-refractivity contribution is 5.79. The van der Waals surface area contributed by atoms with Gasteiger partial charge in [-0.1, -0.05) is 18.2 Å². The molecule has 20 heavy (non-hydrogen) atoms. The topological polar surface area (TPSA) is 31.2 Å². The van der Waals surface area contributed by atoms with Crippen LogP contribution < -0.4 is 4.74 Å². The van der Waals surface area contributed by atoms with E-state index in [1.54, 1.807) is 12.1 Å². The van der Waals surface area contributed by atoms with Crippen LogP contribution in [0.25, 0.3) is 10.9 Å². The van der Waals surface area contributed by atoms with Crippen LogP contribution in [0.4, 0.5) is 0 Å². The number of rotatable bonds is 5. The maximum atomic E-state index is 10.6. The molecule has 3 heteroatoms. The molecule has 0 saturated heterocycles. The third kappa shape index (κ3) is 2.57. The Labute approximate surface area is 117 Å². The summed E-state index contributed by atoms with van der Waals surface area (Å²) in [6, 6.07) is 17.5. The van der Waals surface area contributed by atoms with Gasteiger partial charge in [0.15, 0.2) is 0 Å². The second-order valence-corrected chi connectivity index (χ2v) is 4.60. The normalized spacial score (nSPS) is 10.6. The van der Waals surface area contributed by atoms with Gasteiger partial charge in [0.2, 0.25) is 0 Å². The minimum Gasteiger partial charge on any atom is -0.492 e. The molecule has 0 atom stereocenters. The van der Waals surface area contributed by atoms with Crippen molar-refractivity contribution >= 4 is 17.2 Å². The Morgan fingerprint density at radius 3 is 2.60 bits per heavy atom. The van der Waals surface area contributed by atoms with Crippen molar-refractivity contribution in [2.45, 2.75) is 6.54 Å². The fourth-order valence-electron chi connectivity index (χ4n) is 2.24.